The molecule has 0 saturated heterocycles. The summed E-state index contributed by atoms with van der Waals surface area (Å²) in [6.07, 6.45) is -0.296. The summed E-state index contributed by atoms with van der Waals surface area (Å²) in [4.78, 5) is 0. The standard InChI is InChI=1S/C12H3N5O.C7H7.Co.K.O/c13-2-1-7-8(3-14)10(5-16)12(18)11(6-17)9(7)4-15;1-7-5-3-2-4-6-7;;;/h18H,1H2;3-6H,1H3;;;/q;-1;;+1;. The molecule has 0 aliphatic rings. The van der Waals surface area contributed by atoms with Crippen LogP contribution in [0, 0.1) is 69.6 Å². The Balaban J connectivity index is 0. The fraction of sp³-hybridized carbons (Fsp3) is 0.105. The van der Waals surface area contributed by atoms with E-state index in [2.05, 4.69) is 28.7 Å². The van der Waals surface area contributed by atoms with Crippen LogP contribution in [0.1, 0.15) is 33.4 Å². The zero-order valence-electron chi connectivity index (χ0n) is 14.9. The van der Waals surface area contributed by atoms with Gasteiger partial charge in [0, 0.05) is 5.56 Å². The molecule has 0 heterocycles. The van der Waals surface area contributed by atoms with Gasteiger partial charge in [-0.15, -0.1) is 0 Å². The molecule has 0 atom stereocenters. The van der Waals surface area contributed by atoms with E-state index < -0.39 is 16.9 Å². The van der Waals surface area contributed by atoms with E-state index in [-0.39, 0.29) is 74.5 Å². The molecule has 0 bridgehead atoms. The summed E-state index contributed by atoms with van der Waals surface area (Å²) >= 11 is 2.31. The molecule has 0 aromatic heterocycles. The Kier molecular flexibility index (Phi) is 15.6. The Hall–Kier alpha value is -2.37. The predicted octanol–water partition coefficient (Wildman–Crippen LogP) is -0.377. The molecule has 28 heavy (non-hydrogen) atoms. The zero-order valence-corrected chi connectivity index (χ0v) is 19.1. The van der Waals surface area contributed by atoms with Crippen molar-refractivity contribution in [2.45, 2.75) is 13.3 Å². The molecule has 0 aliphatic heterocycles. The average molecular weight is 438 g/mol. The Morgan fingerprint density at radius 3 is 1.54 bits per heavy atom. The van der Waals surface area contributed by atoms with E-state index in [0.717, 1.165) is 0 Å². The second kappa shape index (κ2) is 15.7. The van der Waals surface area contributed by atoms with Crippen molar-refractivity contribution < 1.29 is 76.0 Å². The fourth-order valence-corrected chi connectivity index (χ4v) is 1.98. The monoisotopic (exact) mass is 438 g/mol. The van der Waals surface area contributed by atoms with Crippen molar-refractivity contribution in [3.05, 3.63) is 63.7 Å². The maximum absolute atomic E-state index is 9.68. The van der Waals surface area contributed by atoms with E-state index in [9.17, 15) is 5.11 Å². The number of phenols is 1. The second-order valence-electron chi connectivity index (χ2n) is 4.69. The van der Waals surface area contributed by atoms with Gasteiger partial charge in [0.15, 0.2) is 5.75 Å². The van der Waals surface area contributed by atoms with Crippen LogP contribution in [-0.4, -0.2) is 5.11 Å². The third kappa shape index (κ3) is 7.33. The summed E-state index contributed by atoms with van der Waals surface area (Å²) < 4.78 is 7.94. The van der Waals surface area contributed by atoms with Crippen molar-refractivity contribution in [3.8, 4) is 36.1 Å². The Morgan fingerprint density at radius 1 is 0.893 bits per heavy atom. The van der Waals surface area contributed by atoms with Gasteiger partial charge >= 0.3 is 70.9 Å². The number of nitriles is 5. The topological polar surface area (TPSA) is 156 Å². The molecular formula is C19H10CoKN5O2. The van der Waals surface area contributed by atoms with Gasteiger partial charge in [-0.25, -0.2) is 0 Å². The van der Waals surface area contributed by atoms with Crippen molar-refractivity contribution >= 4 is 0 Å². The third-order valence-electron chi connectivity index (χ3n) is 3.17. The molecule has 0 spiro atoms. The molecule has 9 heteroatoms. The van der Waals surface area contributed by atoms with Crippen LogP contribution in [-0.2, 0) is 26.0 Å². The molecule has 0 radical (unpaired) electrons. The fourth-order valence-electron chi connectivity index (χ4n) is 1.98. The molecule has 0 fully saturated rings. The number of aromatic hydroxyl groups is 1. The van der Waals surface area contributed by atoms with E-state index in [0.29, 0.717) is 0 Å². The number of aryl methyl sites for hydroxylation is 1. The SMILES string of the molecule is Cc1cc[c-]cc1.N#CCc1c(C#N)c(C#N)c(O)c(C#N)c1C#N.[K+].[O]=[Co]. The van der Waals surface area contributed by atoms with Crippen LogP contribution in [0.4, 0.5) is 0 Å². The van der Waals surface area contributed by atoms with Gasteiger partial charge in [0.1, 0.15) is 35.4 Å². The van der Waals surface area contributed by atoms with Crippen molar-refractivity contribution in [3.63, 3.8) is 0 Å². The molecule has 133 valence electrons. The van der Waals surface area contributed by atoms with Crippen molar-refractivity contribution in [1.82, 2.24) is 0 Å². The van der Waals surface area contributed by atoms with E-state index in [1.807, 2.05) is 24.3 Å². The summed E-state index contributed by atoms with van der Waals surface area (Å²) in [5.41, 5.74) is 0.0166. The summed E-state index contributed by atoms with van der Waals surface area (Å²) in [7, 11) is 0. The minimum atomic E-state index is -0.699. The van der Waals surface area contributed by atoms with Crippen LogP contribution in [0.5, 0.6) is 5.75 Å². The zero-order chi connectivity index (χ0) is 20.8. The predicted molar refractivity (Wildman–Crippen MR) is 87.0 cm³/mol. The molecule has 0 amide bonds. The number of hydrogen-bond acceptors (Lipinski definition) is 7. The van der Waals surface area contributed by atoms with Crippen LogP contribution in [0.2, 0.25) is 0 Å². The van der Waals surface area contributed by atoms with Gasteiger partial charge in [-0.2, -0.15) is 62.2 Å². The summed E-state index contributed by atoms with van der Waals surface area (Å²) in [6, 6.07) is 19.1. The molecule has 2 rings (SSSR count). The number of hydrogen-bond donors (Lipinski definition) is 1. The van der Waals surface area contributed by atoms with E-state index in [4.69, 9.17) is 30.2 Å². The van der Waals surface area contributed by atoms with Crippen LogP contribution in [0.15, 0.2) is 24.3 Å². The van der Waals surface area contributed by atoms with Gasteiger partial charge < -0.3 is 5.11 Å². The van der Waals surface area contributed by atoms with Crippen molar-refractivity contribution in [2.24, 2.45) is 0 Å². The van der Waals surface area contributed by atoms with E-state index in [1.165, 1.54) is 5.56 Å². The first-order valence-electron chi connectivity index (χ1n) is 7.01. The van der Waals surface area contributed by atoms with Crippen LogP contribution in [0.3, 0.4) is 0 Å². The number of rotatable bonds is 1. The average Bonchev–Trinajstić information content (AvgIpc) is 2.71. The summed E-state index contributed by atoms with van der Waals surface area (Å²) in [5, 5.41) is 54.0. The minimum absolute atomic E-state index is 0. The van der Waals surface area contributed by atoms with Gasteiger partial charge in [-0.05, 0) is 0 Å². The first kappa shape index (κ1) is 27.8. The third-order valence-corrected chi connectivity index (χ3v) is 3.17. The first-order valence-corrected chi connectivity index (χ1v) is 7.43. The van der Waals surface area contributed by atoms with Gasteiger partial charge in [0.2, 0.25) is 0 Å². The normalized spacial score (nSPS) is 7.61. The van der Waals surface area contributed by atoms with Gasteiger partial charge in [0.25, 0.3) is 0 Å². The Bertz CT molecular complexity index is 969. The molecule has 0 aliphatic carbocycles. The molecule has 0 unspecified atom stereocenters. The van der Waals surface area contributed by atoms with Crippen molar-refractivity contribution in [2.75, 3.05) is 0 Å². The number of nitrogens with zero attached hydrogens (tertiary/aromatic N) is 5. The summed E-state index contributed by atoms with van der Waals surface area (Å²) in [5.74, 6) is -0.699. The molecular weight excluding hydrogens is 428 g/mol. The molecule has 1 N–H and O–H groups in total. The van der Waals surface area contributed by atoms with E-state index >= 15 is 0 Å². The molecule has 0 saturated carbocycles. The van der Waals surface area contributed by atoms with Crippen molar-refractivity contribution in [1.29, 1.82) is 26.3 Å². The van der Waals surface area contributed by atoms with Gasteiger partial charge in [-0.3, -0.25) is 0 Å². The molecule has 2 aromatic carbocycles. The maximum atomic E-state index is 9.68. The Morgan fingerprint density at radius 2 is 1.29 bits per heavy atom. The van der Waals surface area contributed by atoms with Gasteiger partial charge in [-0.1, -0.05) is 6.92 Å². The summed E-state index contributed by atoms with van der Waals surface area (Å²) in [6.45, 7) is 2.06. The number of benzene rings is 2. The van der Waals surface area contributed by atoms with E-state index in [1.54, 1.807) is 30.3 Å². The Labute approximate surface area is 213 Å². The van der Waals surface area contributed by atoms with Crippen LogP contribution < -0.4 is 51.4 Å². The number of phenolic OH excluding ortho intramolecular Hbond substituents is 1. The molecule has 7 nitrogen and oxygen atoms in total. The quantitative estimate of drug-likeness (QED) is 0.470. The second-order valence-corrected chi connectivity index (χ2v) is 4.69. The van der Waals surface area contributed by atoms with Gasteiger partial charge in [0.05, 0.1) is 23.6 Å². The molecule has 2 aromatic rings. The van der Waals surface area contributed by atoms with Crippen LogP contribution >= 0.6 is 0 Å². The van der Waals surface area contributed by atoms with Crippen LogP contribution in [0.25, 0.3) is 0 Å². The first-order chi connectivity index (χ1) is 13.0.